The summed E-state index contributed by atoms with van der Waals surface area (Å²) < 4.78 is 10.9. The maximum absolute atomic E-state index is 13.5. The van der Waals surface area contributed by atoms with E-state index < -0.39 is 16.1 Å². The van der Waals surface area contributed by atoms with Crippen LogP contribution in [0.1, 0.15) is 33.8 Å². The molecule has 1 saturated heterocycles. The summed E-state index contributed by atoms with van der Waals surface area (Å²) in [7, 11) is 1.58. The minimum absolute atomic E-state index is 0.0273. The van der Waals surface area contributed by atoms with Crippen LogP contribution in [0.25, 0.3) is 10.9 Å². The number of esters is 1. The average molecular weight is 623 g/mol. The second-order valence-electron chi connectivity index (χ2n) is 9.90. The summed E-state index contributed by atoms with van der Waals surface area (Å²) in [6, 6.07) is 19.4. The normalized spacial score (nSPS) is 14.0. The fourth-order valence-corrected chi connectivity index (χ4v) is 6.81. The summed E-state index contributed by atoms with van der Waals surface area (Å²) in [6.45, 7) is 4.22. The molecule has 1 amide bonds. The van der Waals surface area contributed by atoms with Crippen LogP contribution in [-0.4, -0.2) is 72.3 Å². The van der Waals surface area contributed by atoms with Gasteiger partial charge in [0.05, 0.1) is 29.6 Å². The first-order chi connectivity index (χ1) is 20.8. The van der Waals surface area contributed by atoms with Crippen LogP contribution in [0.3, 0.4) is 0 Å². The predicted octanol–water partition coefficient (Wildman–Crippen LogP) is 6.09. The molecule has 1 aliphatic rings. The lowest BCUT2D eigenvalue weighted by Crippen LogP contribution is -2.49. The van der Waals surface area contributed by atoms with Gasteiger partial charge in [0.1, 0.15) is 11.4 Å². The summed E-state index contributed by atoms with van der Waals surface area (Å²) >= 11 is 8.11. The van der Waals surface area contributed by atoms with E-state index >= 15 is 0 Å². The van der Waals surface area contributed by atoms with Crippen molar-refractivity contribution in [3.8, 4) is 5.75 Å². The largest absolute Gasteiger partial charge is 0.497 e. The maximum atomic E-state index is 13.5. The van der Waals surface area contributed by atoms with E-state index in [0.717, 1.165) is 22.2 Å². The first-order valence-electron chi connectivity index (χ1n) is 13.8. The van der Waals surface area contributed by atoms with Gasteiger partial charge in [-0.15, -0.1) is 11.8 Å². The molecule has 2 heterocycles. The molecule has 10 nitrogen and oxygen atoms in total. The summed E-state index contributed by atoms with van der Waals surface area (Å²) in [5, 5.41) is 11.8. The van der Waals surface area contributed by atoms with E-state index in [4.69, 9.17) is 21.1 Å². The first kappa shape index (κ1) is 30.2. The molecule has 1 fully saturated rings. The number of carbonyl (C=O) groups is 2. The van der Waals surface area contributed by atoms with E-state index in [1.165, 1.54) is 23.9 Å². The Kier molecular flexibility index (Phi) is 9.42. The Bertz CT molecular complexity index is 1640. The van der Waals surface area contributed by atoms with Crippen molar-refractivity contribution in [2.45, 2.75) is 12.2 Å². The maximum Gasteiger partial charge on any atom is 0.355 e. The Labute approximate surface area is 258 Å². The number of benzene rings is 3. The number of non-ortho nitro benzene ring substituents is 1. The lowest BCUT2D eigenvalue weighted by molar-refractivity contribution is -0.384. The van der Waals surface area contributed by atoms with Gasteiger partial charge in [-0.2, -0.15) is 0 Å². The molecule has 3 aromatic carbocycles. The summed E-state index contributed by atoms with van der Waals surface area (Å²) in [4.78, 5) is 44.4. The Hall–Kier alpha value is -4.22. The number of hydrogen-bond donors (Lipinski definition) is 1. The number of piperazine rings is 1. The quantitative estimate of drug-likeness (QED) is 0.128. The Balaban J connectivity index is 1.39. The topological polar surface area (TPSA) is 118 Å². The number of hydrogen-bond acceptors (Lipinski definition) is 8. The number of nitrogens with zero attached hydrogens (tertiary/aromatic N) is 3. The summed E-state index contributed by atoms with van der Waals surface area (Å²) in [6.07, 6.45) is 0. The van der Waals surface area contributed by atoms with Gasteiger partial charge in [0, 0.05) is 65.5 Å². The molecule has 0 spiro atoms. The molecular formula is C31H31ClN4O6S. The fraction of sp³-hybridized carbons (Fsp3) is 0.290. The molecule has 224 valence electrons. The Morgan fingerprint density at radius 3 is 2.44 bits per heavy atom. The minimum Gasteiger partial charge on any atom is -0.497 e. The molecule has 1 N–H and O–H groups in total. The molecule has 12 heteroatoms. The number of halogens is 1. The van der Waals surface area contributed by atoms with Gasteiger partial charge >= 0.3 is 5.97 Å². The van der Waals surface area contributed by atoms with Crippen molar-refractivity contribution in [3.63, 3.8) is 0 Å². The highest BCUT2D eigenvalue weighted by atomic mass is 35.5. The number of thioether (sulfide) groups is 1. The zero-order chi connectivity index (χ0) is 30.5. The highest BCUT2D eigenvalue weighted by molar-refractivity contribution is 8.00. The number of rotatable bonds is 10. The predicted molar refractivity (Wildman–Crippen MR) is 168 cm³/mol. The van der Waals surface area contributed by atoms with E-state index in [0.29, 0.717) is 48.2 Å². The molecule has 4 aromatic rings. The molecule has 1 aliphatic heterocycles. The number of methoxy groups -OCH3 is 1. The van der Waals surface area contributed by atoms with Gasteiger partial charge in [-0.25, -0.2) is 4.79 Å². The molecule has 1 aromatic heterocycles. The fourth-order valence-electron chi connectivity index (χ4n) is 5.22. The average Bonchev–Trinajstić information content (AvgIpc) is 3.41. The molecule has 0 radical (unpaired) electrons. The number of nitrogens with one attached hydrogen (secondary N) is 1. The molecule has 0 aliphatic carbocycles. The second kappa shape index (κ2) is 13.4. The minimum atomic E-state index is -0.487. The second-order valence-corrected chi connectivity index (χ2v) is 11.4. The SMILES string of the molecule is CCOC(=O)c1[nH]c2ccc(OC)cc2c1[C@H](SCC(=O)N1CCN(c2ccc([N+](=O)[O-])cc2)CC1)c1ccccc1Cl. The van der Waals surface area contributed by atoms with Crippen LogP contribution in [0.5, 0.6) is 5.75 Å². The van der Waals surface area contributed by atoms with Gasteiger partial charge in [0.2, 0.25) is 5.91 Å². The van der Waals surface area contributed by atoms with Crippen LogP contribution < -0.4 is 9.64 Å². The van der Waals surface area contributed by atoms with Crippen molar-refractivity contribution in [1.29, 1.82) is 0 Å². The van der Waals surface area contributed by atoms with Crippen LogP contribution in [0.4, 0.5) is 11.4 Å². The Morgan fingerprint density at radius 1 is 1.07 bits per heavy atom. The zero-order valence-electron chi connectivity index (χ0n) is 23.7. The van der Waals surface area contributed by atoms with Gasteiger partial charge in [0.25, 0.3) is 5.69 Å². The van der Waals surface area contributed by atoms with E-state index in [9.17, 15) is 19.7 Å². The van der Waals surface area contributed by atoms with E-state index in [-0.39, 0.29) is 24.0 Å². The van der Waals surface area contributed by atoms with Gasteiger partial charge in [-0.05, 0) is 48.9 Å². The van der Waals surface area contributed by atoms with Crippen LogP contribution in [0, 0.1) is 10.1 Å². The number of anilines is 1. The highest BCUT2D eigenvalue weighted by Gasteiger charge is 2.30. The molecular weight excluding hydrogens is 592 g/mol. The third-order valence-corrected chi connectivity index (χ3v) is 8.99. The number of amides is 1. The number of nitro groups is 1. The lowest BCUT2D eigenvalue weighted by Gasteiger charge is -2.36. The third-order valence-electron chi connectivity index (χ3n) is 7.41. The molecule has 0 saturated carbocycles. The van der Waals surface area contributed by atoms with Gasteiger partial charge in [-0.3, -0.25) is 14.9 Å². The number of aromatic amines is 1. The van der Waals surface area contributed by atoms with Crippen molar-refractivity contribution in [2.24, 2.45) is 0 Å². The summed E-state index contributed by atoms with van der Waals surface area (Å²) in [5.74, 6) is 0.277. The number of nitro benzene ring substituents is 1. The monoisotopic (exact) mass is 622 g/mol. The van der Waals surface area contributed by atoms with Crippen molar-refractivity contribution >= 4 is 57.5 Å². The molecule has 0 unspecified atom stereocenters. The highest BCUT2D eigenvalue weighted by Crippen LogP contribution is 2.44. The van der Waals surface area contributed by atoms with E-state index in [1.54, 1.807) is 32.2 Å². The number of aromatic nitrogens is 1. The molecule has 43 heavy (non-hydrogen) atoms. The van der Waals surface area contributed by atoms with Crippen LogP contribution in [0.2, 0.25) is 5.02 Å². The summed E-state index contributed by atoms with van der Waals surface area (Å²) in [5.41, 5.74) is 3.44. The standard InChI is InChI=1S/C31H31ClN4O6S/c1-3-42-31(38)29-28(24-18-22(41-2)12-13-26(24)33-29)30(23-6-4-5-7-25(23)32)43-19-27(37)35-16-14-34(15-17-35)20-8-10-21(11-9-20)36(39)40/h4-13,18,30,33H,3,14-17,19H2,1-2H3/t30-/m1/s1. The van der Waals surface area contributed by atoms with E-state index in [1.807, 2.05) is 41.3 Å². The van der Waals surface area contributed by atoms with Gasteiger partial charge in [0.15, 0.2) is 0 Å². The lowest BCUT2D eigenvalue weighted by atomic mass is 10.0. The van der Waals surface area contributed by atoms with E-state index in [2.05, 4.69) is 9.88 Å². The molecule has 1 atom stereocenters. The zero-order valence-corrected chi connectivity index (χ0v) is 25.3. The van der Waals surface area contributed by atoms with Crippen LogP contribution >= 0.6 is 23.4 Å². The number of carbonyl (C=O) groups excluding carboxylic acids is 2. The van der Waals surface area contributed by atoms with Gasteiger partial charge in [-0.1, -0.05) is 29.8 Å². The van der Waals surface area contributed by atoms with Crippen molar-refractivity contribution in [1.82, 2.24) is 9.88 Å². The number of H-pyrrole nitrogens is 1. The Morgan fingerprint density at radius 2 is 1.79 bits per heavy atom. The van der Waals surface area contributed by atoms with Crippen molar-refractivity contribution < 1.29 is 24.0 Å². The van der Waals surface area contributed by atoms with Crippen LogP contribution in [-0.2, 0) is 9.53 Å². The molecule has 5 rings (SSSR count). The van der Waals surface area contributed by atoms with Crippen molar-refractivity contribution in [2.75, 3.05) is 50.5 Å². The smallest absolute Gasteiger partial charge is 0.355 e. The first-order valence-corrected chi connectivity index (χ1v) is 15.2. The van der Waals surface area contributed by atoms with Crippen molar-refractivity contribution in [3.05, 3.63) is 98.7 Å². The molecule has 0 bridgehead atoms. The number of ether oxygens (including phenoxy) is 2. The van der Waals surface area contributed by atoms with Crippen LogP contribution in [0.15, 0.2) is 66.7 Å². The third kappa shape index (κ3) is 6.57. The number of fused-ring (bicyclic) bond motifs is 1. The van der Waals surface area contributed by atoms with Gasteiger partial charge < -0.3 is 24.3 Å².